The Morgan fingerprint density at radius 3 is 2.60 bits per heavy atom. The molecular weight excluding hydrogens is 256 g/mol. The molecule has 3 heteroatoms. The van der Waals surface area contributed by atoms with Crippen LogP contribution in [0.25, 0.3) is 0 Å². The molecule has 1 aliphatic carbocycles. The Morgan fingerprint density at radius 1 is 1.30 bits per heavy atom. The first kappa shape index (κ1) is 15.4. The summed E-state index contributed by atoms with van der Waals surface area (Å²) in [4.78, 5) is 0. The van der Waals surface area contributed by atoms with E-state index in [2.05, 4.69) is 43.4 Å². The van der Waals surface area contributed by atoms with Crippen LogP contribution in [0.2, 0.25) is 0 Å². The molecule has 1 unspecified atom stereocenters. The Kier molecular flexibility index (Phi) is 5.14. The molecule has 0 radical (unpaired) electrons. The normalized spacial score (nSPS) is 20.8. The molecule has 1 fully saturated rings. The summed E-state index contributed by atoms with van der Waals surface area (Å²) < 4.78 is 26.6. The fraction of sp³-hybridized carbons (Fsp3) is 0.647. The van der Waals surface area contributed by atoms with E-state index in [1.54, 1.807) is 0 Å². The van der Waals surface area contributed by atoms with Crippen LogP contribution >= 0.6 is 0 Å². The van der Waals surface area contributed by atoms with Crippen molar-refractivity contribution in [2.45, 2.75) is 57.9 Å². The van der Waals surface area contributed by atoms with Crippen LogP contribution in [0, 0.1) is 12.8 Å². The lowest BCUT2D eigenvalue weighted by atomic mass is 9.80. The molecule has 0 spiro atoms. The minimum Gasteiger partial charge on any atom is -0.314 e. The number of hydrogen-bond donors (Lipinski definition) is 1. The Hall–Kier alpha value is -0.960. The van der Waals surface area contributed by atoms with Crippen LogP contribution in [0.1, 0.15) is 43.7 Å². The van der Waals surface area contributed by atoms with E-state index < -0.39 is 5.92 Å². The van der Waals surface area contributed by atoms with Crippen LogP contribution in [-0.4, -0.2) is 18.5 Å². The quantitative estimate of drug-likeness (QED) is 0.846. The standard InChI is InChI=1S/C17H25F2N/c1-3-20-16(12-14-6-4-5-13(2)11-14)15-7-9-17(18,19)10-8-15/h4-6,11,15-16,20H,3,7-10,12H2,1-2H3. The topological polar surface area (TPSA) is 12.0 Å². The smallest absolute Gasteiger partial charge is 0.248 e. The summed E-state index contributed by atoms with van der Waals surface area (Å²) in [6.07, 6.45) is 2.31. The third-order valence-corrected chi connectivity index (χ3v) is 4.34. The van der Waals surface area contributed by atoms with Crippen LogP contribution in [0.5, 0.6) is 0 Å². The summed E-state index contributed by atoms with van der Waals surface area (Å²) in [6.45, 7) is 5.07. The van der Waals surface area contributed by atoms with Gasteiger partial charge in [0.2, 0.25) is 5.92 Å². The number of aryl methyl sites for hydroxylation is 1. The Bertz CT molecular complexity index is 421. The summed E-state index contributed by atoms with van der Waals surface area (Å²) in [5.74, 6) is -2.06. The highest BCUT2D eigenvalue weighted by Crippen LogP contribution is 2.38. The molecular formula is C17H25F2N. The highest BCUT2D eigenvalue weighted by atomic mass is 19.3. The van der Waals surface area contributed by atoms with Gasteiger partial charge in [-0.1, -0.05) is 36.8 Å². The number of likely N-dealkylation sites (N-methyl/N-ethyl adjacent to an activating group) is 1. The lowest BCUT2D eigenvalue weighted by molar-refractivity contribution is -0.0494. The Labute approximate surface area is 120 Å². The van der Waals surface area contributed by atoms with Gasteiger partial charge in [-0.05, 0) is 44.2 Å². The molecule has 2 rings (SSSR count). The third-order valence-electron chi connectivity index (χ3n) is 4.34. The first-order valence-electron chi connectivity index (χ1n) is 7.67. The van der Waals surface area contributed by atoms with Crippen LogP contribution in [0.3, 0.4) is 0 Å². The van der Waals surface area contributed by atoms with Crippen molar-refractivity contribution in [3.05, 3.63) is 35.4 Å². The number of benzene rings is 1. The molecule has 1 atom stereocenters. The van der Waals surface area contributed by atoms with E-state index in [1.165, 1.54) is 11.1 Å². The molecule has 1 aromatic rings. The molecule has 0 aliphatic heterocycles. The van der Waals surface area contributed by atoms with Gasteiger partial charge in [0.15, 0.2) is 0 Å². The van der Waals surface area contributed by atoms with E-state index in [0.717, 1.165) is 13.0 Å². The maximum Gasteiger partial charge on any atom is 0.248 e. The van der Waals surface area contributed by atoms with Crippen molar-refractivity contribution < 1.29 is 8.78 Å². The fourth-order valence-corrected chi connectivity index (χ4v) is 3.23. The summed E-state index contributed by atoms with van der Waals surface area (Å²) >= 11 is 0. The number of halogens is 2. The van der Waals surface area contributed by atoms with E-state index in [0.29, 0.717) is 24.8 Å². The zero-order chi connectivity index (χ0) is 14.6. The summed E-state index contributed by atoms with van der Waals surface area (Å²) in [6, 6.07) is 8.81. The van der Waals surface area contributed by atoms with Crippen molar-refractivity contribution in [3.63, 3.8) is 0 Å². The predicted octanol–water partition coefficient (Wildman–Crippen LogP) is 4.34. The number of rotatable bonds is 5. The highest BCUT2D eigenvalue weighted by Gasteiger charge is 2.37. The molecule has 112 valence electrons. The van der Waals surface area contributed by atoms with E-state index >= 15 is 0 Å². The van der Waals surface area contributed by atoms with Gasteiger partial charge in [0.1, 0.15) is 0 Å². The molecule has 0 bridgehead atoms. The van der Waals surface area contributed by atoms with E-state index in [1.807, 2.05) is 0 Å². The third kappa shape index (κ3) is 4.27. The molecule has 20 heavy (non-hydrogen) atoms. The van der Waals surface area contributed by atoms with E-state index in [9.17, 15) is 8.78 Å². The minimum absolute atomic E-state index is 0.0490. The lowest BCUT2D eigenvalue weighted by Gasteiger charge is -2.34. The van der Waals surface area contributed by atoms with Gasteiger partial charge < -0.3 is 5.32 Å². The zero-order valence-electron chi connectivity index (χ0n) is 12.5. The molecule has 0 aromatic heterocycles. The molecule has 1 N–H and O–H groups in total. The number of alkyl halides is 2. The lowest BCUT2D eigenvalue weighted by Crippen LogP contribution is -2.41. The second-order valence-corrected chi connectivity index (χ2v) is 6.05. The zero-order valence-corrected chi connectivity index (χ0v) is 12.5. The van der Waals surface area contributed by atoms with Crippen molar-refractivity contribution in [2.75, 3.05) is 6.54 Å². The van der Waals surface area contributed by atoms with Gasteiger partial charge in [0.25, 0.3) is 0 Å². The second kappa shape index (κ2) is 6.66. The fourth-order valence-electron chi connectivity index (χ4n) is 3.23. The molecule has 0 saturated heterocycles. The van der Waals surface area contributed by atoms with Crippen LogP contribution < -0.4 is 5.32 Å². The maximum absolute atomic E-state index is 13.3. The maximum atomic E-state index is 13.3. The van der Waals surface area contributed by atoms with Gasteiger partial charge in [0.05, 0.1) is 0 Å². The van der Waals surface area contributed by atoms with Gasteiger partial charge in [-0.3, -0.25) is 0 Å². The van der Waals surface area contributed by atoms with Gasteiger partial charge in [0, 0.05) is 18.9 Å². The van der Waals surface area contributed by atoms with Crippen molar-refractivity contribution in [3.8, 4) is 0 Å². The first-order valence-corrected chi connectivity index (χ1v) is 7.67. The molecule has 1 nitrogen and oxygen atoms in total. The number of nitrogens with one attached hydrogen (secondary N) is 1. The van der Waals surface area contributed by atoms with Gasteiger partial charge in [-0.2, -0.15) is 0 Å². The summed E-state index contributed by atoms with van der Waals surface area (Å²) in [5, 5.41) is 3.50. The van der Waals surface area contributed by atoms with Crippen molar-refractivity contribution in [1.29, 1.82) is 0 Å². The summed E-state index contributed by atoms with van der Waals surface area (Å²) in [7, 11) is 0. The van der Waals surface area contributed by atoms with Crippen LogP contribution in [-0.2, 0) is 6.42 Å². The summed E-state index contributed by atoms with van der Waals surface area (Å²) in [5.41, 5.74) is 2.56. The van der Waals surface area contributed by atoms with E-state index in [-0.39, 0.29) is 12.8 Å². The minimum atomic E-state index is -2.43. The first-order chi connectivity index (χ1) is 9.50. The van der Waals surface area contributed by atoms with Gasteiger partial charge >= 0.3 is 0 Å². The SMILES string of the molecule is CCNC(Cc1cccc(C)c1)C1CCC(F)(F)CC1. The monoisotopic (exact) mass is 281 g/mol. The average molecular weight is 281 g/mol. The molecule has 0 heterocycles. The van der Waals surface area contributed by atoms with Crippen LogP contribution in [0.15, 0.2) is 24.3 Å². The molecule has 1 aromatic carbocycles. The second-order valence-electron chi connectivity index (χ2n) is 6.05. The Balaban J connectivity index is 2.00. The van der Waals surface area contributed by atoms with E-state index in [4.69, 9.17) is 0 Å². The van der Waals surface area contributed by atoms with Gasteiger partial charge in [-0.25, -0.2) is 8.78 Å². The molecule has 1 saturated carbocycles. The van der Waals surface area contributed by atoms with Crippen LogP contribution in [0.4, 0.5) is 8.78 Å². The highest BCUT2D eigenvalue weighted by molar-refractivity contribution is 5.23. The largest absolute Gasteiger partial charge is 0.314 e. The Morgan fingerprint density at radius 2 is 2.00 bits per heavy atom. The van der Waals surface area contributed by atoms with Crippen molar-refractivity contribution in [2.24, 2.45) is 5.92 Å². The number of hydrogen-bond acceptors (Lipinski definition) is 1. The molecule has 0 amide bonds. The van der Waals surface area contributed by atoms with Crippen molar-refractivity contribution in [1.82, 2.24) is 5.32 Å². The van der Waals surface area contributed by atoms with Gasteiger partial charge in [-0.15, -0.1) is 0 Å². The average Bonchev–Trinajstić information content (AvgIpc) is 2.38. The molecule has 1 aliphatic rings. The van der Waals surface area contributed by atoms with Crippen molar-refractivity contribution >= 4 is 0 Å². The predicted molar refractivity (Wildman–Crippen MR) is 79.3 cm³/mol.